The summed E-state index contributed by atoms with van der Waals surface area (Å²) < 4.78 is 0. The molecule has 6 nitrogen and oxygen atoms in total. The van der Waals surface area contributed by atoms with E-state index in [1.165, 1.54) is 17.8 Å². The number of rotatable bonds is 5. The molecule has 1 heterocycles. The van der Waals surface area contributed by atoms with Crippen molar-refractivity contribution in [3.05, 3.63) is 70.3 Å². The van der Waals surface area contributed by atoms with Crippen molar-refractivity contribution >= 4 is 17.4 Å². The fourth-order valence-corrected chi connectivity index (χ4v) is 2.69. The van der Waals surface area contributed by atoms with E-state index in [4.69, 9.17) is 0 Å². The molecule has 0 amide bonds. The second kappa shape index (κ2) is 6.40. The largest absolute Gasteiger partial charge is 0.269 e. The van der Waals surface area contributed by atoms with Crippen molar-refractivity contribution in [3.63, 3.8) is 0 Å². The molecule has 0 atom stereocenters. The molecule has 2 aromatic carbocycles. The molecule has 0 fully saturated rings. The highest BCUT2D eigenvalue weighted by molar-refractivity contribution is 7.98. The average molecular weight is 312 g/mol. The molecule has 0 aliphatic carbocycles. The van der Waals surface area contributed by atoms with Gasteiger partial charge in [-0.15, -0.1) is 5.10 Å². The predicted octanol–water partition coefficient (Wildman–Crippen LogP) is 3.67. The van der Waals surface area contributed by atoms with Crippen molar-refractivity contribution in [2.24, 2.45) is 0 Å². The number of non-ortho nitro benzene ring substituents is 1. The molecule has 0 radical (unpaired) electrons. The average Bonchev–Trinajstić information content (AvgIpc) is 3.03. The zero-order valence-corrected chi connectivity index (χ0v) is 12.3. The number of benzene rings is 2. The van der Waals surface area contributed by atoms with E-state index in [2.05, 4.69) is 15.2 Å². The molecular weight excluding hydrogens is 300 g/mol. The summed E-state index contributed by atoms with van der Waals surface area (Å²) in [4.78, 5) is 14.8. The maximum Gasteiger partial charge on any atom is 0.269 e. The van der Waals surface area contributed by atoms with Gasteiger partial charge in [-0.2, -0.15) is 0 Å². The molecule has 22 heavy (non-hydrogen) atoms. The van der Waals surface area contributed by atoms with Gasteiger partial charge in [0, 0.05) is 23.4 Å². The van der Waals surface area contributed by atoms with Crippen molar-refractivity contribution < 1.29 is 4.92 Å². The summed E-state index contributed by atoms with van der Waals surface area (Å²) in [6, 6.07) is 16.3. The Morgan fingerprint density at radius 1 is 1.14 bits per heavy atom. The Balaban J connectivity index is 1.69. The molecule has 0 aliphatic rings. The van der Waals surface area contributed by atoms with Crippen LogP contribution in [-0.4, -0.2) is 20.1 Å². The maximum absolute atomic E-state index is 10.8. The zero-order valence-electron chi connectivity index (χ0n) is 11.5. The molecule has 0 bridgehead atoms. The minimum atomic E-state index is -0.394. The number of aromatic nitrogens is 3. The number of H-pyrrole nitrogens is 1. The van der Waals surface area contributed by atoms with Crippen LogP contribution in [0.25, 0.3) is 11.4 Å². The molecule has 0 saturated carbocycles. The zero-order chi connectivity index (χ0) is 15.4. The van der Waals surface area contributed by atoms with Crippen LogP contribution in [0.2, 0.25) is 0 Å². The summed E-state index contributed by atoms with van der Waals surface area (Å²) >= 11 is 1.43. The highest BCUT2D eigenvalue weighted by Crippen LogP contribution is 2.23. The van der Waals surface area contributed by atoms with Crippen LogP contribution >= 0.6 is 11.8 Å². The topological polar surface area (TPSA) is 84.7 Å². The van der Waals surface area contributed by atoms with E-state index in [9.17, 15) is 10.1 Å². The van der Waals surface area contributed by atoms with Gasteiger partial charge >= 0.3 is 0 Å². The van der Waals surface area contributed by atoms with E-state index in [1.807, 2.05) is 36.4 Å². The minimum Gasteiger partial charge on any atom is -0.258 e. The van der Waals surface area contributed by atoms with Crippen LogP contribution in [0, 0.1) is 10.1 Å². The first-order valence-electron chi connectivity index (χ1n) is 6.56. The lowest BCUT2D eigenvalue weighted by Crippen LogP contribution is -1.89. The third-order valence-electron chi connectivity index (χ3n) is 3.00. The minimum absolute atomic E-state index is 0.0954. The molecule has 0 aliphatic heterocycles. The van der Waals surface area contributed by atoms with E-state index >= 15 is 0 Å². The van der Waals surface area contributed by atoms with Gasteiger partial charge in [0.25, 0.3) is 5.69 Å². The van der Waals surface area contributed by atoms with Gasteiger partial charge in [-0.25, -0.2) is 4.98 Å². The molecule has 110 valence electrons. The lowest BCUT2D eigenvalue weighted by molar-refractivity contribution is -0.384. The Morgan fingerprint density at radius 2 is 1.95 bits per heavy atom. The number of nitrogens with zero attached hydrogens (tertiary/aromatic N) is 3. The number of aromatic amines is 1. The molecule has 0 spiro atoms. The quantitative estimate of drug-likeness (QED) is 0.441. The van der Waals surface area contributed by atoms with Gasteiger partial charge in [0.15, 0.2) is 5.82 Å². The van der Waals surface area contributed by atoms with Crippen molar-refractivity contribution in [1.82, 2.24) is 15.2 Å². The summed E-state index contributed by atoms with van der Waals surface area (Å²) in [6.45, 7) is 0. The number of thioether (sulfide) groups is 1. The fraction of sp³-hybridized carbons (Fsp3) is 0.0667. The summed E-state index contributed by atoms with van der Waals surface area (Å²) in [5.41, 5.74) is 1.93. The van der Waals surface area contributed by atoms with Gasteiger partial charge < -0.3 is 0 Å². The van der Waals surface area contributed by atoms with Crippen molar-refractivity contribution in [2.45, 2.75) is 10.9 Å². The summed E-state index contributed by atoms with van der Waals surface area (Å²) in [7, 11) is 0. The molecule has 1 aromatic heterocycles. The standard InChI is InChI=1S/C15H12N4O2S/c20-19(21)13-8-4-5-11(9-13)10-22-15-16-14(17-18-15)12-6-2-1-3-7-12/h1-9H,10H2,(H,16,17,18). The van der Waals surface area contributed by atoms with Crippen molar-refractivity contribution in [2.75, 3.05) is 0 Å². The Morgan fingerprint density at radius 3 is 2.73 bits per heavy atom. The smallest absolute Gasteiger partial charge is 0.258 e. The number of hydrogen-bond donors (Lipinski definition) is 1. The van der Waals surface area contributed by atoms with Crippen LogP contribution in [0.3, 0.4) is 0 Å². The van der Waals surface area contributed by atoms with Crippen molar-refractivity contribution in [1.29, 1.82) is 0 Å². The van der Waals surface area contributed by atoms with Gasteiger partial charge in [0.05, 0.1) is 4.92 Å². The highest BCUT2D eigenvalue weighted by Gasteiger charge is 2.08. The van der Waals surface area contributed by atoms with E-state index < -0.39 is 4.92 Å². The Kier molecular flexibility index (Phi) is 4.15. The second-order valence-electron chi connectivity index (χ2n) is 4.55. The first-order chi connectivity index (χ1) is 10.7. The summed E-state index contributed by atoms with van der Waals surface area (Å²) in [5, 5.41) is 18.4. The van der Waals surface area contributed by atoms with Gasteiger partial charge in [-0.05, 0) is 5.56 Å². The van der Waals surface area contributed by atoms with Crippen LogP contribution in [0.1, 0.15) is 5.56 Å². The third-order valence-corrected chi connectivity index (χ3v) is 3.92. The number of nitro benzene ring substituents is 1. The normalized spacial score (nSPS) is 10.5. The van der Waals surface area contributed by atoms with Gasteiger partial charge in [-0.1, -0.05) is 54.2 Å². The Hall–Kier alpha value is -2.67. The van der Waals surface area contributed by atoms with E-state index in [0.717, 1.165) is 11.1 Å². The fourth-order valence-electron chi connectivity index (χ4n) is 1.94. The van der Waals surface area contributed by atoms with Crippen LogP contribution in [0.15, 0.2) is 59.8 Å². The van der Waals surface area contributed by atoms with Gasteiger partial charge in [0.1, 0.15) is 0 Å². The van der Waals surface area contributed by atoms with Gasteiger partial charge in [-0.3, -0.25) is 15.2 Å². The molecule has 0 saturated heterocycles. The highest BCUT2D eigenvalue weighted by atomic mass is 32.2. The van der Waals surface area contributed by atoms with Crippen LogP contribution in [0.4, 0.5) is 5.69 Å². The number of hydrogen-bond acceptors (Lipinski definition) is 5. The van der Waals surface area contributed by atoms with E-state index in [1.54, 1.807) is 12.1 Å². The molecule has 3 rings (SSSR count). The van der Waals surface area contributed by atoms with Crippen molar-refractivity contribution in [3.8, 4) is 11.4 Å². The molecule has 0 unspecified atom stereocenters. The lowest BCUT2D eigenvalue weighted by Gasteiger charge is -1.98. The lowest BCUT2D eigenvalue weighted by atomic mass is 10.2. The monoisotopic (exact) mass is 312 g/mol. The summed E-state index contributed by atoms with van der Waals surface area (Å²) in [6.07, 6.45) is 0. The molecule has 7 heteroatoms. The van der Waals surface area contributed by atoms with Crippen LogP contribution in [0.5, 0.6) is 0 Å². The van der Waals surface area contributed by atoms with Crippen LogP contribution < -0.4 is 0 Å². The Bertz CT molecular complexity index is 789. The SMILES string of the molecule is O=[N+]([O-])c1cccc(CSc2n[nH]c(-c3ccccc3)n2)c1. The Labute approximate surface area is 130 Å². The number of nitro groups is 1. The van der Waals surface area contributed by atoms with E-state index in [-0.39, 0.29) is 5.69 Å². The molecule has 3 aromatic rings. The first kappa shape index (κ1) is 14.3. The predicted molar refractivity (Wildman–Crippen MR) is 84.5 cm³/mol. The third kappa shape index (κ3) is 3.32. The second-order valence-corrected chi connectivity index (χ2v) is 5.49. The van der Waals surface area contributed by atoms with Gasteiger partial charge in [0.2, 0.25) is 5.16 Å². The summed E-state index contributed by atoms with van der Waals surface area (Å²) in [5.74, 6) is 1.29. The maximum atomic E-state index is 10.8. The van der Waals surface area contributed by atoms with Crippen LogP contribution in [-0.2, 0) is 5.75 Å². The number of nitrogens with one attached hydrogen (secondary N) is 1. The first-order valence-corrected chi connectivity index (χ1v) is 7.55. The van der Waals surface area contributed by atoms with E-state index in [0.29, 0.717) is 16.7 Å². The molecular formula is C15H12N4O2S. The molecule has 1 N–H and O–H groups in total.